The van der Waals surface area contributed by atoms with E-state index in [0.717, 1.165) is 15.8 Å². The third-order valence-corrected chi connectivity index (χ3v) is 4.86. The maximum Gasteiger partial charge on any atom is 0.307 e. The van der Waals surface area contributed by atoms with Crippen LogP contribution in [0.25, 0.3) is 10.2 Å². The number of nitrogens with zero attached hydrogens (tertiary/aromatic N) is 2. The van der Waals surface area contributed by atoms with Gasteiger partial charge in [0.25, 0.3) is 5.91 Å². The fourth-order valence-electron chi connectivity index (χ4n) is 2.52. The van der Waals surface area contributed by atoms with Gasteiger partial charge in [-0.15, -0.1) is 0 Å². The number of rotatable bonds is 4. The van der Waals surface area contributed by atoms with Gasteiger partial charge in [-0.3, -0.25) is 9.59 Å². The van der Waals surface area contributed by atoms with Crippen LogP contribution in [0.15, 0.2) is 53.5 Å². The fraction of sp³-hybridized carbons (Fsp3) is 0.211. The maximum atomic E-state index is 12.4. The zero-order valence-corrected chi connectivity index (χ0v) is 14.9. The standard InChI is InChI=1S/C19H18N2O3S/c1-13-8-9-15-16(12-13)25-19(21(15)11-10-17(22)24-2)20-18(23)14-6-4-3-5-7-14/h3-9,12H,10-11H2,1-2H3. The van der Waals surface area contributed by atoms with Gasteiger partial charge in [-0.2, -0.15) is 4.99 Å². The van der Waals surface area contributed by atoms with E-state index in [9.17, 15) is 9.59 Å². The molecule has 0 spiro atoms. The summed E-state index contributed by atoms with van der Waals surface area (Å²) in [7, 11) is 1.37. The van der Waals surface area contributed by atoms with Crippen molar-refractivity contribution in [3.05, 3.63) is 64.5 Å². The predicted octanol–water partition coefficient (Wildman–Crippen LogP) is 3.32. The summed E-state index contributed by atoms with van der Waals surface area (Å²) in [4.78, 5) is 28.8. The summed E-state index contributed by atoms with van der Waals surface area (Å²) in [5.74, 6) is -0.588. The number of hydrogen-bond acceptors (Lipinski definition) is 4. The van der Waals surface area contributed by atoms with Crippen LogP contribution in [0, 0.1) is 6.92 Å². The number of hydrogen-bond donors (Lipinski definition) is 0. The summed E-state index contributed by atoms with van der Waals surface area (Å²) in [5, 5.41) is 0. The smallest absolute Gasteiger partial charge is 0.307 e. The van der Waals surface area contributed by atoms with E-state index >= 15 is 0 Å². The highest BCUT2D eigenvalue weighted by molar-refractivity contribution is 7.16. The molecule has 0 atom stereocenters. The normalized spacial score (nSPS) is 11.7. The Labute approximate surface area is 149 Å². The highest BCUT2D eigenvalue weighted by atomic mass is 32.1. The molecule has 0 saturated carbocycles. The molecule has 5 nitrogen and oxygen atoms in total. The average molecular weight is 354 g/mol. The van der Waals surface area contributed by atoms with Gasteiger partial charge in [0.2, 0.25) is 0 Å². The molecule has 2 aromatic carbocycles. The van der Waals surface area contributed by atoms with Crippen molar-refractivity contribution in [3.8, 4) is 0 Å². The van der Waals surface area contributed by atoms with Crippen LogP contribution in [0.5, 0.6) is 0 Å². The second kappa shape index (κ2) is 7.44. The van der Waals surface area contributed by atoms with E-state index in [2.05, 4.69) is 11.1 Å². The van der Waals surface area contributed by atoms with Crippen LogP contribution in [-0.4, -0.2) is 23.6 Å². The largest absolute Gasteiger partial charge is 0.469 e. The minimum Gasteiger partial charge on any atom is -0.469 e. The van der Waals surface area contributed by atoms with E-state index in [1.54, 1.807) is 12.1 Å². The van der Waals surface area contributed by atoms with Gasteiger partial charge >= 0.3 is 5.97 Å². The Hall–Kier alpha value is -2.73. The van der Waals surface area contributed by atoms with E-state index in [1.807, 2.05) is 41.8 Å². The van der Waals surface area contributed by atoms with E-state index in [1.165, 1.54) is 18.4 Å². The van der Waals surface area contributed by atoms with Crippen LogP contribution >= 0.6 is 11.3 Å². The van der Waals surface area contributed by atoms with Crippen LogP contribution in [0.2, 0.25) is 0 Å². The molecule has 1 heterocycles. The number of esters is 1. The van der Waals surface area contributed by atoms with Gasteiger partial charge in [-0.05, 0) is 36.8 Å². The number of methoxy groups -OCH3 is 1. The molecule has 3 aromatic rings. The lowest BCUT2D eigenvalue weighted by Gasteiger charge is -2.04. The number of aromatic nitrogens is 1. The Morgan fingerprint density at radius 2 is 1.92 bits per heavy atom. The molecule has 0 aliphatic heterocycles. The summed E-state index contributed by atoms with van der Waals surface area (Å²) >= 11 is 1.44. The molecule has 3 rings (SSSR count). The van der Waals surface area contributed by atoms with Crippen molar-refractivity contribution >= 4 is 33.4 Å². The number of ether oxygens (including phenoxy) is 1. The number of thiazole rings is 1. The molecule has 0 unspecified atom stereocenters. The Morgan fingerprint density at radius 1 is 1.16 bits per heavy atom. The van der Waals surface area contributed by atoms with Crippen LogP contribution < -0.4 is 4.80 Å². The van der Waals surface area contributed by atoms with Crippen molar-refractivity contribution < 1.29 is 14.3 Å². The molecule has 0 N–H and O–H groups in total. The average Bonchev–Trinajstić information content (AvgIpc) is 2.96. The topological polar surface area (TPSA) is 60.7 Å². The molecule has 1 amide bonds. The Balaban J connectivity index is 2.07. The van der Waals surface area contributed by atoms with E-state index in [4.69, 9.17) is 4.74 Å². The van der Waals surface area contributed by atoms with Crippen LogP contribution in [-0.2, 0) is 16.1 Å². The zero-order valence-electron chi connectivity index (χ0n) is 14.1. The van der Waals surface area contributed by atoms with Gasteiger partial charge < -0.3 is 9.30 Å². The molecule has 0 radical (unpaired) electrons. The summed E-state index contributed by atoms with van der Waals surface area (Å²) < 4.78 is 7.66. The van der Waals surface area contributed by atoms with E-state index < -0.39 is 0 Å². The number of carbonyl (C=O) groups excluding carboxylic acids is 2. The van der Waals surface area contributed by atoms with E-state index in [-0.39, 0.29) is 18.3 Å². The zero-order chi connectivity index (χ0) is 17.8. The maximum absolute atomic E-state index is 12.4. The number of fused-ring (bicyclic) bond motifs is 1. The van der Waals surface area contributed by atoms with Gasteiger partial charge in [0.15, 0.2) is 4.80 Å². The molecule has 0 fully saturated rings. The van der Waals surface area contributed by atoms with Crippen LogP contribution in [0.4, 0.5) is 0 Å². The predicted molar refractivity (Wildman–Crippen MR) is 97.5 cm³/mol. The number of benzene rings is 2. The summed E-state index contributed by atoms with van der Waals surface area (Å²) in [6.07, 6.45) is 0.225. The van der Waals surface area contributed by atoms with Gasteiger partial charge in [0.05, 0.1) is 23.7 Å². The molecular weight excluding hydrogens is 336 g/mol. The summed E-state index contributed by atoms with van der Waals surface area (Å²) in [6.45, 7) is 2.43. The number of amides is 1. The molecule has 0 aliphatic rings. The van der Waals surface area contributed by atoms with Gasteiger partial charge in [-0.25, -0.2) is 0 Å². The highest BCUT2D eigenvalue weighted by Gasteiger charge is 2.11. The molecule has 0 bridgehead atoms. The van der Waals surface area contributed by atoms with Crippen molar-refractivity contribution in [2.75, 3.05) is 7.11 Å². The molecule has 1 aromatic heterocycles. The first-order valence-corrected chi connectivity index (χ1v) is 8.71. The van der Waals surface area contributed by atoms with Crippen molar-refractivity contribution in [1.29, 1.82) is 0 Å². The first kappa shape index (κ1) is 17.1. The fourth-order valence-corrected chi connectivity index (χ4v) is 3.67. The molecule has 128 valence electrons. The number of carbonyl (C=O) groups is 2. The lowest BCUT2D eigenvalue weighted by Crippen LogP contribution is -2.19. The SMILES string of the molecule is COC(=O)CCn1c(=NC(=O)c2ccccc2)sc2cc(C)ccc21. The van der Waals surface area contributed by atoms with Crippen LogP contribution in [0.1, 0.15) is 22.3 Å². The molecule has 6 heteroatoms. The Bertz CT molecular complexity index is 987. The first-order chi connectivity index (χ1) is 12.1. The van der Waals surface area contributed by atoms with Crippen molar-refractivity contribution in [1.82, 2.24) is 4.57 Å². The second-order valence-electron chi connectivity index (χ2n) is 5.62. The lowest BCUT2D eigenvalue weighted by atomic mass is 10.2. The second-order valence-corrected chi connectivity index (χ2v) is 6.63. The highest BCUT2D eigenvalue weighted by Crippen LogP contribution is 2.19. The minimum atomic E-state index is -0.296. The number of aryl methyl sites for hydroxylation is 2. The van der Waals surface area contributed by atoms with Gasteiger partial charge in [-0.1, -0.05) is 35.6 Å². The van der Waals surface area contributed by atoms with E-state index in [0.29, 0.717) is 16.9 Å². The van der Waals surface area contributed by atoms with Crippen molar-refractivity contribution in [3.63, 3.8) is 0 Å². The van der Waals surface area contributed by atoms with Gasteiger partial charge in [0.1, 0.15) is 0 Å². The van der Waals surface area contributed by atoms with Crippen molar-refractivity contribution in [2.24, 2.45) is 4.99 Å². The Kier molecular flexibility index (Phi) is 5.09. The quantitative estimate of drug-likeness (QED) is 0.675. The van der Waals surface area contributed by atoms with Crippen molar-refractivity contribution in [2.45, 2.75) is 19.9 Å². The summed E-state index contributed by atoms with van der Waals surface area (Å²) in [5.41, 5.74) is 2.63. The molecular formula is C19H18N2O3S. The third kappa shape index (κ3) is 3.85. The molecule has 0 aliphatic carbocycles. The first-order valence-electron chi connectivity index (χ1n) is 7.89. The molecule has 0 saturated heterocycles. The molecule has 25 heavy (non-hydrogen) atoms. The minimum absolute atomic E-state index is 0.225. The third-order valence-electron chi connectivity index (χ3n) is 3.82. The monoisotopic (exact) mass is 354 g/mol. The lowest BCUT2D eigenvalue weighted by molar-refractivity contribution is -0.140. The summed E-state index contributed by atoms with van der Waals surface area (Å²) in [6, 6.07) is 15.0. The van der Waals surface area contributed by atoms with Crippen LogP contribution in [0.3, 0.4) is 0 Å². The van der Waals surface area contributed by atoms with Gasteiger partial charge in [0, 0.05) is 12.1 Å². The Morgan fingerprint density at radius 3 is 2.64 bits per heavy atom.